The highest BCUT2D eigenvalue weighted by atomic mass is 28.4. The Kier molecular flexibility index (Phi) is 22.7. The van der Waals surface area contributed by atoms with Crippen LogP contribution in [0, 0.1) is 11.8 Å². The molecule has 0 saturated carbocycles. The summed E-state index contributed by atoms with van der Waals surface area (Å²) < 4.78 is 81.2. The van der Waals surface area contributed by atoms with E-state index >= 15 is 0 Å². The minimum Gasteiger partial charge on any atom is -0.462 e. The van der Waals surface area contributed by atoms with Crippen molar-refractivity contribution in [3.05, 3.63) is 24.3 Å². The number of carbonyl (C=O) groups is 2. The normalized spacial score (nSPS) is 40.9. The van der Waals surface area contributed by atoms with Crippen LogP contribution in [0.4, 0.5) is 0 Å². The van der Waals surface area contributed by atoms with E-state index in [1.807, 2.05) is 58.0 Å². The molecule has 0 radical (unpaired) electrons. The molecule has 0 aromatic carbocycles. The van der Waals surface area contributed by atoms with E-state index in [9.17, 15) is 14.7 Å². The van der Waals surface area contributed by atoms with Gasteiger partial charge in [-0.2, -0.15) is 0 Å². The second kappa shape index (κ2) is 26.5. The van der Waals surface area contributed by atoms with Crippen molar-refractivity contribution >= 4 is 28.6 Å². The van der Waals surface area contributed by atoms with Crippen LogP contribution >= 0.6 is 0 Å². The van der Waals surface area contributed by atoms with E-state index in [1.54, 1.807) is 14.0 Å². The highest BCUT2D eigenvalue weighted by molar-refractivity contribution is 6.74. The summed E-state index contributed by atoms with van der Waals surface area (Å²) in [6.45, 7) is 34.9. The van der Waals surface area contributed by atoms with Crippen LogP contribution in [0.5, 0.6) is 0 Å². The van der Waals surface area contributed by atoms with E-state index < -0.39 is 120 Å². The Hall–Kier alpha value is -1.67. The molecule has 0 spiro atoms. The van der Waals surface area contributed by atoms with Crippen molar-refractivity contribution in [2.24, 2.45) is 11.8 Å². The minimum atomic E-state index is -2.50. The molecule has 440 valence electrons. The number of esters is 2. The molecule has 5 heterocycles. The van der Waals surface area contributed by atoms with Crippen molar-refractivity contribution in [2.45, 2.75) is 281 Å². The summed E-state index contributed by atoms with van der Waals surface area (Å²) >= 11 is 0. The number of hydrogen-bond acceptors (Lipinski definition) is 17. The maximum Gasteiger partial charge on any atom is 0.308 e. The van der Waals surface area contributed by atoms with E-state index in [2.05, 4.69) is 107 Å². The SMILES string of the molecule is CO[C@@H]1C(O[C@@H]2O[C@H](C)[C@@H](O[C@H]3C[C@@](C)(O)[C@@H](O[Si](C)(C)C(C)(C)C)[C@H](C)O3)[C@H](N(C)C)[C@H]2OC(C)=O)[C@@H]2CC(O[Si](C)(C)C(C)(C)C)O[C@@H]1CC(=O)O[C@H](C)C/C=C/C=C/[C@H](OC1CC[C@H](N(C)C)[C@@H](C)O1)[C@H](C)C2. The lowest BCUT2D eigenvalue weighted by Crippen LogP contribution is -2.67. The molecule has 5 aliphatic rings. The van der Waals surface area contributed by atoms with E-state index in [4.69, 9.17) is 56.2 Å². The monoisotopic (exact) mass is 1110 g/mol. The molecule has 5 aliphatic heterocycles. The Balaban J connectivity index is 1.57. The first-order chi connectivity index (χ1) is 35.0. The van der Waals surface area contributed by atoms with Crippen LogP contribution in [0.15, 0.2) is 24.3 Å². The van der Waals surface area contributed by atoms with Gasteiger partial charge in [-0.3, -0.25) is 9.59 Å². The molecule has 17 nitrogen and oxygen atoms in total. The molecule has 20 atom stereocenters. The zero-order valence-electron chi connectivity index (χ0n) is 50.8. The third-order valence-electron chi connectivity index (χ3n) is 17.5. The van der Waals surface area contributed by atoms with Crippen LogP contribution in [0.1, 0.15) is 135 Å². The van der Waals surface area contributed by atoms with Crippen LogP contribution < -0.4 is 0 Å². The van der Waals surface area contributed by atoms with Crippen molar-refractivity contribution in [3.8, 4) is 0 Å². The standard InChI is InChI=1S/C57H104N2O15Si2/c1-34-30-40-31-46(73-75(19,20)55(7,8)9)70-43(32-44(61)64-35(2)26-24-23-25-27-42(34)69-45-29-28-41(58(14)15)36(3)65-45)51(63-18)50(40)72-54-52(68-39(6)60)48(59(16)17)49(37(4)67-54)71-47-33-57(13,62)53(38(5)66-47)74-76(21,22)56(10,11)12/h23-25,27,34-38,40-43,45-54,62H,26,28-33H2,1-22H3/b24-23+,27-25+/t34-,35-,36-,37-,38+,40+,41+,42+,43-,45?,46?,47+,48+,49-,50?,51+,52-,53+,54+,57-/m1/s1. The molecular formula is C57H104N2O15Si2. The predicted molar refractivity (Wildman–Crippen MR) is 297 cm³/mol. The lowest BCUT2D eigenvalue weighted by Gasteiger charge is -2.52. The summed E-state index contributed by atoms with van der Waals surface area (Å²) in [5.41, 5.74) is -1.29. The van der Waals surface area contributed by atoms with Gasteiger partial charge in [0.1, 0.15) is 24.6 Å². The van der Waals surface area contributed by atoms with Crippen LogP contribution in [0.3, 0.4) is 0 Å². The smallest absolute Gasteiger partial charge is 0.308 e. The van der Waals surface area contributed by atoms with E-state index in [-0.39, 0.29) is 53.0 Å². The summed E-state index contributed by atoms with van der Waals surface area (Å²) in [5, 5.41) is 11.8. The summed E-state index contributed by atoms with van der Waals surface area (Å²) in [7, 11) is 4.77. The molecule has 76 heavy (non-hydrogen) atoms. The fourth-order valence-electron chi connectivity index (χ4n) is 11.2. The Bertz CT molecular complexity index is 1920. The molecule has 4 saturated heterocycles. The van der Waals surface area contributed by atoms with E-state index in [1.165, 1.54) is 6.92 Å². The number of nitrogens with zero attached hydrogens (tertiary/aromatic N) is 2. The Morgan fingerprint density at radius 2 is 1.37 bits per heavy atom. The van der Waals surface area contributed by atoms with Gasteiger partial charge in [-0.25, -0.2) is 0 Å². The fraction of sp³-hybridized carbons (Fsp3) is 0.895. The van der Waals surface area contributed by atoms with Gasteiger partial charge >= 0.3 is 11.9 Å². The van der Waals surface area contributed by atoms with Gasteiger partial charge in [0, 0.05) is 39.3 Å². The van der Waals surface area contributed by atoms with E-state index in [0.717, 1.165) is 12.8 Å². The van der Waals surface area contributed by atoms with Crippen molar-refractivity contribution in [1.82, 2.24) is 9.80 Å². The number of cyclic esters (lactones) is 1. The van der Waals surface area contributed by atoms with Crippen molar-refractivity contribution < 1.29 is 70.9 Å². The number of hydrogen-bond donors (Lipinski definition) is 1. The quantitative estimate of drug-likeness (QED) is 0.129. The van der Waals surface area contributed by atoms with E-state index in [0.29, 0.717) is 19.3 Å². The number of aliphatic hydroxyl groups is 1. The molecule has 1 N–H and O–H groups in total. The second-order valence-electron chi connectivity index (χ2n) is 26.5. The summed E-state index contributed by atoms with van der Waals surface area (Å²) in [6, 6.07) is -0.351. The van der Waals surface area contributed by atoms with Crippen LogP contribution in [-0.4, -0.2) is 189 Å². The van der Waals surface area contributed by atoms with Gasteiger partial charge in [-0.1, -0.05) is 72.8 Å². The number of fused-ring (bicyclic) bond motifs is 3. The Morgan fingerprint density at radius 1 is 0.737 bits per heavy atom. The molecule has 0 amide bonds. The third-order valence-corrected chi connectivity index (χ3v) is 26.4. The molecular weight excluding hydrogens is 1010 g/mol. The van der Waals surface area contributed by atoms with Gasteiger partial charge in [-0.15, -0.1) is 0 Å². The largest absolute Gasteiger partial charge is 0.462 e. The molecule has 4 fully saturated rings. The number of allylic oxidation sites excluding steroid dienone is 2. The molecule has 5 rings (SSSR count). The number of rotatable bonds is 14. The minimum absolute atomic E-state index is 0.0280. The van der Waals surface area contributed by atoms with Crippen LogP contribution in [0.25, 0.3) is 0 Å². The summed E-state index contributed by atoms with van der Waals surface area (Å²) in [4.78, 5) is 31.5. The van der Waals surface area contributed by atoms with Gasteiger partial charge in [0.05, 0.1) is 60.8 Å². The van der Waals surface area contributed by atoms with Crippen molar-refractivity contribution in [1.29, 1.82) is 0 Å². The lowest BCUT2D eigenvalue weighted by molar-refractivity contribution is -0.343. The number of likely N-dealkylation sites (N-methyl/N-ethyl adjacent to an activating group) is 2. The number of carbonyl (C=O) groups excluding carboxylic acids is 2. The van der Waals surface area contributed by atoms with Gasteiger partial charge in [-0.05, 0) is 130 Å². The summed E-state index contributed by atoms with van der Waals surface area (Å²) in [6.07, 6.45) is 1.11. The maximum absolute atomic E-state index is 14.0. The van der Waals surface area contributed by atoms with Crippen molar-refractivity contribution in [3.63, 3.8) is 0 Å². The molecule has 0 aromatic heterocycles. The lowest BCUT2D eigenvalue weighted by atomic mass is 9.82. The second-order valence-corrected chi connectivity index (χ2v) is 36.0. The molecule has 3 unspecified atom stereocenters. The first-order valence-corrected chi connectivity index (χ1v) is 34.1. The molecule has 0 aromatic rings. The first-order valence-electron chi connectivity index (χ1n) is 28.3. The summed E-state index contributed by atoms with van der Waals surface area (Å²) in [5.74, 6) is -1.45. The maximum atomic E-state index is 14.0. The topological polar surface area (TPSA) is 172 Å². The van der Waals surface area contributed by atoms with Gasteiger partial charge in [0.2, 0.25) is 0 Å². The first kappa shape index (κ1) is 65.1. The molecule has 0 aliphatic carbocycles. The highest BCUT2D eigenvalue weighted by Crippen LogP contribution is 2.45. The molecule has 2 bridgehead atoms. The average Bonchev–Trinajstić information content (AvgIpc) is 3.38. The number of methoxy groups -OCH3 is 1. The van der Waals surface area contributed by atoms with Gasteiger partial charge < -0.3 is 71.1 Å². The third kappa shape index (κ3) is 16.7. The molecule has 19 heteroatoms. The fourth-order valence-corrected chi connectivity index (χ4v) is 13.8. The van der Waals surface area contributed by atoms with Crippen molar-refractivity contribution in [2.75, 3.05) is 35.3 Å². The number of ether oxygens (including phenoxy) is 10. The van der Waals surface area contributed by atoms with Crippen LogP contribution in [-0.2, 0) is 65.8 Å². The Morgan fingerprint density at radius 3 is 1.93 bits per heavy atom. The zero-order valence-corrected chi connectivity index (χ0v) is 52.8. The highest BCUT2D eigenvalue weighted by Gasteiger charge is 2.56. The van der Waals surface area contributed by atoms with Gasteiger partial charge in [0.15, 0.2) is 41.6 Å². The average molecular weight is 1110 g/mol. The van der Waals surface area contributed by atoms with Gasteiger partial charge in [0.25, 0.3) is 0 Å². The Labute approximate surface area is 460 Å². The van der Waals surface area contributed by atoms with Crippen LogP contribution in [0.2, 0.25) is 36.3 Å². The predicted octanol–water partition coefficient (Wildman–Crippen LogP) is 9.11. The zero-order chi connectivity index (χ0) is 57.0.